The topological polar surface area (TPSA) is 96.0 Å². The Morgan fingerprint density at radius 2 is 1.49 bits per heavy atom. The highest BCUT2D eigenvalue weighted by atomic mass is 32.2. The number of anilines is 1. The smallest absolute Gasteiger partial charge is 0.264 e. The monoisotopic (exact) mass is 579 g/mol. The molecule has 3 aromatic carbocycles. The molecule has 9 heteroatoms. The fourth-order valence-electron chi connectivity index (χ4n) is 4.42. The van der Waals surface area contributed by atoms with Gasteiger partial charge >= 0.3 is 0 Å². The van der Waals surface area contributed by atoms with E-state index in [4.69, 9.17) is 4.74 Å². The highest BCUT2D eigenvalue weighted by Crippen LogP contribution is 2.32. The Morgan fingerprint density at radius 1 is 0.902 bits per heavy atom. The van der Waals surface area contributed by atoms with Gasteiger partial charge in [-0.1, -0.05) is 80.4 Å². The van der Waals surface area contributed by atoms with Gasteiger partial charge in [-0.25, -0.2) is 8.42 Å². The second-order valence-electron chi connectivity index (χ2n) is 10.6. The second-order valence-corrected chi connectivity index (χ2v) is 12.4. The van der Waals surface area contributed by atoms with Crippen molar-refractivity contribution in [2.45, 2.75) is 58.5 Å². The van der Waals surface area contributed by atoms with E-state index in [0.717, 1.165) is 21.0 Å². The van der Waals surface area contributed by atoms with Gasteiger partial charge in [-0.15, -0.1) is 0 Å². The molecule has 0 bridgehead atoms. The van der Waals surface area contributed by atoms with Crippen LogP contribution in [-0.2, 0) is 26.2 Å². The lowest BCUT2D eigenvalue weighted by atomic mass is 10.1. The minimum atomic E-state index is -4.18. The molecule has 0 aliphatic heterocycles. The zero-order valence-electron chi connectivity index (χ0n) is 24.8. The molecule has 1 N–H and O–H groups in total. The minimum absolute atomic E-state index is 0.0496. The molecule has 2 amide bonds. The second kappa shape index (κ2) is 14.2. The van der Waals surface area contributed by atoms with Crippen LogP contribution in [0.3, 0.4) is 0 Å². The van der Waals surface area contributed by atoms with E-state index in [1.807, 2.05) is 58.9 Å². The third kappa shape index (κ3) is 8.10. The minimum Gasteiger partial charge on any atom is -0.495 e. The Balaban J connectivity index is 2.08. The van der Waals surface area contributed by atoms with Gasteiger partial charge in [0.2, 0.25) is 11.8 Å². The number of carbonyl (C=O) groups excluding carboxylic acids is 2. The number of amides is 2. The number of aryl methyl sites for hydroxylation is 2. The Bertz CT molecular complexity index is 1420. The van der Waals surface area contributed by atoms with Gasteiger partial charge in [-0.3, -0.25) is 13.9 Å². The number of rotatable bonds is 13. The molecule has 0 aliphatic rings. The summed E-state index contributed by atoms with van der Waals surface area (Å²) in [7, 11) is -2.73. The number of ether oxygens (including phenoxy) is 1. The van der Waals surface area contributed by atoms with Crippen molar-refractivity contribution < 1.29 is 22.7 Å². The average molecular weight is 580 g/mol. The molecule has 0 aliphatic carbocycles. The normalized spacial score (nSPS) is 12.1. The van der Waals surface area contributed by atoms with Crippen molar-refractivity contribution in [2.75, 3.05) is 24.5 Å². The first kappa shape index (κ1) is 31.7. The number of hydrogen-bond acceptors (Lipinski definition) is 5. The maximum atomic E-state index is 14.2. The lowest BCUT2D eigenvalue weighted by Crippen LogP contribution is -2.52. The zero-order chi connectivity index (χ0) is 30.2. The quantitative estimate of drug-likeness (QED) is 0.305. The maximum Gasteiger partial charge on any atom is 0.264 e. The Morgan fingerprint density at radius 3 is 2.05 bits per heavy atom. The molecule has 3 rings (SSSR count). The van der Waals surface area contributed by atoms with E-state index in [-0.39, 0.29) is 29.0 Å². The van der Waals surface area contributed by atoms with Gasteiger partial charge in [0.25, 0.3) is 10.0 Å². The maximum absolute atomic E-state index is 14.2. The van der Waals surface area contributed by atoms with Crippen LogP contribution in [0.5, 0.6) is 5.75 Å². The van der Waals surface area contributed by atoms with E-state index < -0.39 is 28.5 Å². The molecule has 0 spiro atoms. The largest absolute Gasteiger partial charge is 0.495 e. The van der Waals surface area contributed by atoms with E-state index in [2.05, 4.69) is 5.32 Å². The number of benzene rings is 3. The van der Waals surface area contributed by atoms with Crippen LogP contribution in [-0.4, -0.2) is 51.4 Å². The molecule has 0 heterocycles. The van der Waals surface area contributed by atoms with Crippen LogP contribution in [0.1, 0.15) is 43.9 Å². The summed E-state index contributed by atoms with van der Waals surface area (Å²) in [6, 6.07) is 20.1. The molecular formula is C32H41N3O5S. The molecule has 220 valence electrons. The van der Waals surface area contributed by atoms with Crippen LogP contribution in [0, 0.1) is 19.8 Å². The molecule has 8 nitrogen and oxygen atoms in total. The van der Waals surface area contributed by atoms with E-state index in [1.54, 1.807) is 36.4 Å². The number of nitrogens with zero attached hydrogens (tertiary/aromatic N) is 2. The first-order valence-electron chi connectivity index (χ1n) is 13.8. The molecule has 0 radical (unpaired) electrons. The first-order chi connectivity index (χ1) is 19.5. The summed E-state index contributed by atoms with van der Waals surface area (Å²) in [5.74, 6) is -0.230. The van der Waals surface area contributed by atoms with Crippen molar-refractivity contribution in [3.63, 3.8) is 0 Å². The molecule has 0 saturated heterocycles. The van der Waals surface area contributed by atoms with Crippen molar-refractivity contribution in [3.05, 3.63) is 89.5 Å². The molecule has 1 atom stereocenters. The van der Waals surface area contributed by atoms with Gasteiger partial charge < -0.3 is 15.0 Å². The average Bonchev–Trinajstić information content (AvgIpc) is 2.95. The highest BCUT2D eigenvalue weighted by Gasteiger charge is 2.34. The van der Waals surface area contributed by atoms with E-state index in [0.29, 0.717) is 18.7 Å². The predicted molar refractivity (Wildman–Crippen MR) is 162 cm³/mol. The molecular weight excluding hydrogens is 538 g/mol. The van der Waals surface area contributed by atoms with Gasteiger partial charge in [-0.05, 0) is 56.0 Å². The summed E-state index contributed by atoms with van der Waals surface area (Å²) >= 11 is 0. The van der Waals surface area contributed by atoms with Crippen molar-refractivity contribution in [1.29, 1.82) is 0 Å². The van der Waals surface area contributed by atoms with Gasteiger partial charge in [0.1, 0.15) is 18.3 Å². The fraction of sp³-hybridized carbons (Fsp3) is 0.375. The summed E-state index contributed by atoms with van der Waals surface area (Å²) in [6.07, 6.45) is 0.362. The third-order valence-corrected chi connectivity index (χ3v) is 8.56. The van der Waals surface area contributed by atoms with E-state index >= 15 is 0 Å². The van der Waals surface area contributed by atoms with Crippen molar-refractivity contribution in [2.24, 2.45) is 5.92 Å². The summed E-state index contributed by atoms with van der Waals surface area (Å²) < 4.78 is 34.6. The van der Waals surface area contributed by atoms with Crippen molar-refractivity contribution >= 4 is 27.5 Å². The Labute approximate surface area is 244 Å². The number of sulfonamides is 1. The van der Waals surface area contributed by atoms with Crippen molar-refractivity contribution in [3.8, 4) is 5.75 Å². The van der Waals surface area contributed by atoms with E-state index in [9.17, 15) is 18.0 Å². The van der Waals surface area contributed by atoms with Gasteiger partial charge in [-0.2, -0.15) is 0 Å². The van der Waals surface area contributed by atoms with Gasteiger partial charge in [0.15, 0.2) is 0 Å². The van der Waals surface area contributed by atoms with Crippen LogP contribution in [0.25, 0.3) is 0 Å². The third-order valence-electron chi connectivity index (χ3n) is 6.79. The summed E-state index contributed by atoms with van der Waals surface area (Å²) in [5.41, 5.74) is 3.05. The summed E-state index contributed by atoms with van der Waals surface area (Å²) in [5, 5.41) is 2.94. The van der Waals surface area contributed by atoms with Crippen LogP contribution < -0.4 is 14.4 Å². The SMILES string of the molecule is CCC(C(=O)NCC(C)C)N(Cc1ccc(C)cc1)C(=O)CN(c1ccccc1OC)S(=O)(=O)c1ccc(C)cc1. The number of hydrogen-bond donors (Lipinski definition) is 1. The Kier molecular flexibility index (Phi) is 10.9. The Hall–Kier alpha value is -3.85. The molecule has 3 aromatic rings. The van der Waals surface area contributed by atoms with Crippen LogP contribution in [0.15, 0.2) is 77.7 Å². The lowest BCUT2D eigenvalue weighted by Gasteiger charge is -2.33. The number of carbonyl (C=O) groups is 2. The number of para-hydroxylation sites is 2. The number of methoxy groups -OCH3 is 1. The molecule has 0 aromatic heterocycles. The van der Waals surface area contributed by atoms with Gasteiger partial charge in [0, 0.05) is 13.1 Å². The highest BCUT2D eigenvalue weighted by molar-refractivity contribution is 7.92. The lowest BCUT2D eigenvalue weighted by molar-refractivity contribution is -0.140. The van der Waals surface area contributed by atoms with Crippen LogP contribution in [0.4, 0.5) is 5.69 Å². The zero-order valence-corrected chi connectivity index (χ0v) is 25.6. The molecule has 1 unspecified atom stereocenters. The summed E-state index contributed by atoms with van der Waals surface area (Å²) in [4.78, 5) is 29.0. The first-order valence-corrected chi connectivity index (χ1v) is 15.3. The van der Waals surface area contributed by atoms with Crippen molar-refractivity contribution in [1.82, 2.24) is 10.2 Å². The molecule has 0 fully saturated rings. The van der Waals surface area contributed by atoms with Crippen LogP contribution in [0.2, 0.25) is 0 Å². The predicted octanol–water partition coefficient (Wildman–Crippen LogP) is 5.09. The standard InChI is InChI=1S/C32H41N3O5S/c1-7-28(32(37)33-20-23(2)3)34(21-26-16-12-24(4)13-17-26)31(36)22-35(29-10-8-9-11-30(29)40-6)41(38,39)27-18-14-25(5)15-19-27/h8-19,23,28H,7,20-22H2,1-6H3,(H,33,37). The number of nitrogens with one attached hydrogen (secondary N) is 1. The molecule has 41 heavy (non-hydrogen) atoms. The summed E-state index contributed by atoms with van der Waals surface area (Å²) in [6.45, 7) is 9.79. The van der Waals surface area contributed by atoms with E-state index in [1.165, 1.54) is 24.1 Å². The van der Waals surface area contributed by atoms with Gasteiger partial charge in [0.05, 0.1) is 17.7 Å². The fourth-order valence-corrected chi connectivity index (χ4v) is 5.84. The molecule has 0 saturated carbocycles. The van der Waals surface area contributed by atoms with Crippen LogP contribution >= 0.6 is 0 Å².